The van der Waals surface area contributed by atoms with Gasteiger partial charge in [-0.05, 0) is 36.9 Å². The van der Waals surface area contributed by atoms with Gasteiger partial charge >= 0.3 is 0 Å². The second-order valence-corrected chi connectivity index (χ2v) is 3.94. The molecule has 0 unspecified atom stereocenters. The van der Waals surface area contributed by atoms with Gasteiger partial charge in [0, 0.05) is 12.1 Å². The predicted molar refractivity (Wildman–Crippen MR) is 70.3 cm³/mol. The summed E-state index contributed by atoms with van der Waals surface area (Å²) in [6.45, 7) is 3.72. The summed E-state index contributed by atoms with van der Waals surface area (Å²) < 4.78 is 18.6. The summed E-state index contributed by atoms with van der Waals surface area (Å²) in [7, 11) is 0. The van der Waals surface area contributed by atoms with Crippen molar-refractivity contribution in [2.24, 2.45) is 0 Å². The summed E-state index contributed by atoms with van der Waals surface area (Å²) in [5.74, 6) is 1.17. The number of hydrogen-bond acceptors (Lipinski definition) is 2. The Morgan fingerprint density at radius 3 is 2.50 bits per heavy atom. The first-order valence-corrected chi connectivity index (χ1v) is 6.01. The Kier molecular flexibility index (Phi) is 4.31. The molecule has 18 heavy (non-hydrogen) atoms. The first-order valence-electron chi connectivity index (χ1n) is 6.01. The molecule has 2 aromatic carbocycles. The van der Waals surface area contributed by atoms with Crippen molar-refractivity contribution in [2.45, 2.75) is 13.5 Å². The van der Waals surface area contributed by atoms with Gasteiger partial charge in [-0.25, -0.2) is 4.39 Å². The van der Waals surface area contributed by atoms with Gasteiger partial charge in [-0.1, -0.05) is 25.1 Å². The molecule has 1 N–H and O–H groups in total. The van der Waals surface area contributed by atoms with Crippen molar-refractivity contribution in [3.63, 3.8) is 0 Å². The number of halogens is 1. The monoisotopic (exact) mass is 245 g/mol. The molecule has 0 bridgehead atoms. The minimum Gasteiger partial charge on any atom is -0.457 e. The van der Waals surface area contributed by atoms with E-state index in [2.05, 4.69) is 12.2 Å². The van der Waals surface area contributed by atoms with Gasteiger partial charge in [0.15, 0.2) is 0 Å². The lowest BCUT2D eigenvalue weighted by Gasteiger charge is -2.11. The molecule has 0 heterocycles. The van der Waals surface area contributed by atoms with Gasteiger partial charge in [-0.15, -0.1) is 0 Å². The fourth-order valence-electron chi connectivity index (χ4n) is 1.64. The third-order valence-electron chi connectivity index (χ3n) is 2.58. The molecule has 0 aliphatic carbocycles. The second kappa shape index (κ2) is 6.17. The van der Waals surface area contributed by atoms with E-state index >= 15 is 0 Å². The maximum absolute atomic E-state index is 12.8. The molecule has 0 aromatic heterocycles. The number of hydrogen-bond donors (Lipinski definition) is 1. The Bertz CT molecular complexity index is 496. The number of nitrogens with one attached hydrogen (secondary N) is 1. The number of ether oxygens (including phenoxy) is 1. The van der Waals surface area contributed by atoms with Gasteiger partial charge in [0.2, 0.25) is 0 Å². The average Bonchev–Trinajstić information content (AvgIpc) is 2.40. The van der Waals surface area contributed by atoms with Crippen LogP contribution in [0.4, 0.5) is 4.39 Å². The summed E-state index contributed by atoms with van der Waals surface area (Å²) in [4.78, 5) is 0. The number of para-hydroxylation sites is 1. The van der Waals surface area contributed by atoms with Gasteiger partial charge in [0.25, 0.3) is 0 Å². The predicted octanol–water partition coefficient (Wildman–Crippen LogP) is 3.73. The normalized spacial score (nSPS) is 10.3. The number of benzene rings is 2. The highest BCUT2D eigenvalue weighted by Gasteiger charge is 2.03. The topological polar surface area (TPSA) is 21.3 Å². The Balaban J connectivity index is 2.15. The van der Waals surface area contributed by atoms with E-state index in [1.54, 1.807) is 12.1 Å². The van der Waals surface area contributed by atoms with Crippen LogP contribution in [0.1, 0.15) is 12.5 Å². The van der Waals surface area contributed by atoms with E-state index in [1.165, 1.54) is 12.1 Å². The fourth-order valence-corrected chi connectivity index (χ4v) is 1.64. The summed E-state index contributed by atoms with van der Waals surface area (Å²) in [5, 5.41) is 3.26. The maximum Gasteiger partial charge on any atom is 0.131 e. The smallest absolute Gasteiger partial charge is 0.131 e. The minimum absolute atomic E-state index is 0.261. The molecule has 94 valence electrons. The first kappa shape index (κ1) is 12.6. The van der Waals surface area contributed by atoms with Crippen molar-refractivity contribution in [3.8, 4) is 11.5 Å². The molecule has 0 radical (unpaired) electrons. The third-order valence-corrected chi connectivity index (χ3v) is 2.58. The van der Waals surface area contributed by atoms with E-state index in [9.17, 15) is 4.39 Å². The summed E-state index contributed by atoms with van der Waals surface area (Å²) >= 11 is 0. The SMILES string of the molecule is CCNCc1ccccc1Oc1ccc(F)cc1. The zero-order valence-corrected chi connectivity index (χ0v) is 10.3. The van der Waals surface area contributed by atoms with Crippen LogP contribution >= 0.6 is 0 Å². The van der Waals surface area contributed by atoms with Crippen molar-refractivity contribution < 1.29 is 9.13 Å². The largest absolute Gasteiger partial charge is 0.457 e. The van der Waals surface area contributed by atoms with Gasteiger partial charge in [0.05, 0.1) is 0 Å². The Morgan fingerprint density at radius 1 is 1.06 bits per heavy atom. The van der Waals surface area contributed by atoms with Crippen molar-refractivity contribution >= 4 is 0 Å². The zero-order chi connectivity index (χ0) is 12.8. The maximum atomic E-state index is 12.8. The van der Waals surface area contributed by atoms with Gasteiger partial charge in [-0.3, -0.25) is 0 Å². The molecular formula is C15H16FNO. The highest BCUT2D eigenvalue weighted by atomic mass is 19.1. The van der Waals surface area contributed by atoms with E-state index in [0.29, 0.717) is 5.75 Å². The van der Waals surface area contributed by atoms with E-state index in [-0.39, 0.29) is 5.82 Å². The van der Waals surface area contributed by atoms with Crippen LogP contribution in [0.15, 0.2) is 48.5 Å². The Hall–Kier alpha value is -1.87. The van der Waals surface area contributed by atoms with Crippen LogP contribution in [-0.4, -0.2) is 6.54 Å². The summed E-state index contributed by atoms with van der Waals surface area (Å²) in [6.07, 6.45) is 0. The average molecular weight is 245 g/mol. The van der Waals surface area contributed by atoms with Crippen molar-refractivity contribution in [3.05, 3.63) is 59.9 Å². The van der Waals surface area contributed by atoms with Gasteiger partial charge in [0.1, 0.15) is 17.3 Å². The molecule has 0 saturated carbocycles. The molecule has 2 nitrogen and oxygen atoms in total. The van der Waals surface area contributed by atoms with Crippen molar-refractivity contribution in [1.29, 1.82) is 0 Å². The molecule has 0 aliphatic heterocycles. The molecule has 2 aromatic rings. The molecule has 0 saturated heterocycles. The molecule has 3 heteroatoms. The quantitative estimate of drug-likeness (QED) is 0.866. The molecule has 0 amide bonds. The van der Waals surface area contributed by atoms with Crippen molar-refractivity contribution in [2.75, 3.05) is 6.54 Å². The van der Waals surface area contributed by atoms with E-state index < -0.39 is 0 Å². The van der Waals surface area contributed by atoms with Gasteiger partial charge in [-0.2, -0.15) is 0 Å². The lowest BCUT2D eigenvalue weighted by Crippen LogP contribution is -2.12. The standard InChI is InChI=1S/C15H16FNO/c1-2-17-11-12-5-3-4-6-15(12)18-14-9-7-13(16)8-10-14/h3-10,17H,2,11H2,1H3. The molecule has 0 atom stereocenters. The van der Waals surface area contributed by atoms with E-state index in [4.69, 9.17) is 4.74 Å². The highest BCUT2D eigenvalue weighted by Crippen LogP contribution is 2.25. The second-order valence-electron chi connectivity index (χ2n) is 3.94. The molecule has 2 rings (SSSR count). The van der Waals surface area contributed by atoms with Gasteiger partial charge < -0.3 is 10.1 Å². The third kappa shape index (κ3) is 3.31. The fraction of sp³-hybridized carbons (Fsp3) is 0.200. The first-order chi connectivity index (χ1) is 8.79. The van der Waals surface area contributed by atoms with Crippen LogP contribution in [0.5, 0.6) is 11.5 Å². The highest BCUT2D eigenvalue weighted by molar-refractivity contribution is 5.37. The Morgan fingerprint density at radius 2 is 1.78 bits per heavy atom. The van der Waals surface area contributed by atoms with Crippen LogP contribution in [0, 0.1) is 5.82 Å². The summed E-state index contributed by atoms with van der Waals surface area (Å²) in [6, 6.07) is 13.9. The molecular weight excluding hydrogens is 229 g/mol. The van der Waals surface area contributed by atoms with E-state index in [0.717, 1.165) is 24.4 Å². The molecule has 0 spiro atoms. The van der Waals surface area contributed by atoms with Crippen LogP contribution in [-0.2, 0) is 6.54 Å². The Labute approximate surface area is 106 Å². The molecule has 0 aliphatic rings. The molecule has 0 fully saturated rings. The van der Waals surface area contributed by atoms with Crippen LogP contribution in [0.2, 0.25) is 0 Å². The van der Waals surface area contributed by atoms with Crippen LogP contribution in [0.25, 0.3) is 0 Å². The van der Waals surface area contributed by atoms with E-state index in [1.807, 2.05) is 24.3 Å². The van der Waals surface area contributed by atoms with Crippen LogP contribution in [0.3, 0.4) is 0 Å². The number of rotatable bonds is 5. The zero-order valence-electron chi connectivity index (χ0n) is 10.3. The minimum atomic E-state index is -0.261. The summed E-state index contributed by atoms with van der Waals surface area (Å²) in [5.41, 5.74) is 1.09. The lowest BCUT2D eigenvalue weighted by atomic mass is 10.2. The van der Waals surface area contributed by atoms with Crippen LogP contribution < -0.4 is 10.1 Å². The van der Waals surface area contributed by atoms with Crippen molar-refractivity contribution in [1.82, 2.24) is 5.32 Å². The lowest BCUT2D eigenvalue weighted by molar-refractivity contribution is 0.471.